The van der Waals surface area contributed by atoms with Crippen molar-refractivity contribution in [2.45, 2.75) is 5.92 Å². The number of nitrogens with zero attached hydrogens (tertiary/aromatic N) is 1. The van der Waals surface area contributed by atoms with Gasteiger partial charge in [0.05, 0.1) is 19.1 Å². The minimum Gasteiger partial charge on any atom is -0.497 e. The third kappa shape index (κ3) is 1.91. The second-order valence-corrected chi connectivity index (χ2v) is 3.48. The van der Waals surface area contributed by atoms with Gasteiger partial charge in [0.15, 0.2) is 0 Å². The van der Waals surface area contributed by atoms with Gasteiger partial charge in [-0.25, -0.2) is 0 Å². The fourth-order valence-electron chi connectivity index (χ4n) is 1.68. The molecule has 1 heterocycles. The van der Waals surface area contributed by atoms with Crippen molar-refractivity contribution in [3.8, 4) is 11.8 Å². The fraction of sp³-hybridized carbons (Fsp3) is 0.154. The number of H-pyrrole nitrogens is 1. The van der Waals surface area contributed by atoms with Crippen molar-refractivity contribution in [3.05, 3.63) is 53.9 Å². The van der Waals surface area contributed by atoms with Gasteiger partial charge in [0.1, 0.15) is 5.75 Å². The maximum atomic E-state index is 9.21. The zero-order valence-electron chi connectivity index (χ0n) is 8.97. The average molecular weight is 212 g/mol. The molecule has 0 bridgehead atoms. The van der Waals surface area contributed by atoms with E-state index in [2.05, 4.69) is 11.1 Å². The Bertz CT molecular complexity index is 497. The number of benzene rings is 1. The monoisotopic (exact) mass is 212 g/mol. The molecule has 3 nitrogen and oxygen atoms in total. The molecule has 0 spiro atoms. The maximum Gasteiger partial charge on any atom is 0.119 e. The van der Waals surface area contributed by atoms with Crippen LogP contribution in [0.2, 0.25) is 0 Å². The SMILES string of the molecule is COc1cccc(C(C#N)c2cc[nH]c2)c1. The summed E-state index contributed by atoms with van der Waals surface area (Å²) in [6, 6.07) is 11.8. The predicted molar refractivity (Wildman–Crippen MR) is 61.2 cm³/mol. The fourth-order valence-corrected chi connectivity index (χ4v) is 1.68. The number of rotatable bonds is 3. The van der Waals surface area contributed by atoms with Crippen molar-refractivity contribution in [1.82, 2.24) is 4.98 Å². The van der Waals surface area contributed by atoms with Crippen LogP contribution < -0.4 is 4.74 Å². The molecule has 0 saturated carbocycles. The van der Waals surface area contributed by atoms with Gasteiger partial charge >= 0.3 is 0 Å². The van der Waals surface area contributed by atoms with E-state index < -0.39 is 0 Å². The number of methoxy groups -OCH3 is 1. The van der Waals surface area contributed by atoms with Gasteiger partial charge in [-0.3, -0.25) is 0 Å². The predicted octanol–water partition coefficient (Wildman–Crippen LogP) is 2.68. The largest absolute Gasteiger partial charge is 0.497 e. The number of ether oxygens (including phenoxy) is 1. The molecule has 3 heteroatoms. The van der Waals surface area contributed by atoms with Crippen molar-refractivity contribution < 1.29 is 4.74 Å². The minimum atomic E-state index is -0.249. The summed E-state index contributed by atoms with van der Waals surface area (Å²) in [5, 5.41) is 9.21. The van der Waals surface area contributed by atoms with E-state index in [1.54, 1.807) is 7.11 Å². The standard InChI is InChI=1S/C13H12N2O/c1-16-12-4-2-3-10(7-12)13(8-14)11-5-6-15-9-11/h2-7,9,13,15H,1H3. The Hall–Kier alpha value is -2.21. The van der Waals surface area contributed by atoms with E-state index in [1.807, 2.05) is 42.7 Å². The van der Waals surface area contributed by atoms with E-state index in [-0.39, 0.29) is 5.92 Å². The van der Waals surface area contributed by atoms with Crippen LogP contribution in [0, 0.1) is 11.3 Å². The number of nitrogens with one attached hydrogen (secondary N) is 1. The van der Waals surface area contributed by atoms with Crippen molar-refractivity contribution in [2.75, 3.05) is 7.11 Å². The molecule has 1 unspecified atom stereocenters. The van der Waals surface area contributed by atoms with Crippen LogP contribution in [0.3, 0.4) is 0 Å². The zero-order chi connectivity index (χ0) is 11.4. The van der Waals surface area contributed by atoms with E-state index in [9.17, 15) is 5.26 Å². The summed E-state index contributed by atoms with van der Waals surface area (Å²) in [5.74, 6) is 0.523. The Balaban J connectivity index is 2.38. The lowest BCUT2D eigenvalue weighted by Gasteiger charge is -2.08. The van der Waals surface area contributed by atoms with Crippen LogP contribution >= 0.6 is 0 Å². The second-order valence-electron chi connectivity index (χ2n) is 3.48. The highest BCUT2D eigenvalue weighted by molar-refractivity contribution is 5.40. The van der Waals surface area contributed by atoms with Gasteiger partial charge in [0.2, 0.25) is 0 Å². The van der Waals surface area contributed by atoms with Gasteiger partial charge in [-0.1, -0.05) is 12.1 Å². The molecular formula is C13H12N2O. The van der Waals surface area contributed by atoms with E-state index in [4.69, 9.17) is 4.74 Å². The first-order valence-corrected chi connectivity index (χ1v) is 5.01. The Morgan fingerprint density at radius 1 is 1.31 bits per heavy atom. The molecule has 2 rings (SSSR count). The Morgan fingerprint density at radius 2 is 2.19 bits per heavy atom. The lowest BCUT2D eigenvalue weighted by molar-refractivity contribution is 0.414. The highest BCUT2D eigenvalue weighted by atomic mass is 16.5. The molecule has 0 aliphatic carbocycles. The van der Waals surface area contributed by atoms with Crippen LogP contribution in [0.4, 0.5) is 0 Å². The molecule has 0 saturated heterocycles. The first-order chi connectivity index (χ1) is 7.85. The van der Waals surface area contributed by atoms with E-state index in [0.29, 0.717) is 0 Å². The zero-order valence-corrected chi connectivity index (χ0v) is 8.97. The minimum absolute atomic E-state index is 0.249. The molecule has 1 atom stereocenters. The van der Waals surface area contributed by atoms with Gasteiger partial charge in [0, 0.05) is 12.4 Å². The van der Waals surface area contributed by atoms with Crippen molar-refractivity contribution in [1.29, 1.82) is 5.26 Å². The summed E-state index contributed by atoms with van der Waals surface area (Å²) in [4.78, 5) is 2.96. The van der Waals surface area contributed by atoms with Crippen molar-refractivity contribution in [2.24, 2.45) is 0 Å². The molecular weight excluding hydrogens is 200 g/mol. The van der Waals surface area contributed by atoms with Gasteiger partial charge in [0.25, 0.3) is 0 Å². The molecule has 1 aromatic heterocycles. The summed E-state index contributed by atoms with van der Waals surface area (Å²) in [5.41, 5.74) is 1.91. The van der Waals surface area contributed by atoms with Gasteiger partial charge in [-0.05, 0) is 29.3 Å². The van der Waals surface area contributed by atoms with E-state index in [0.717, 1.165) is 16.9 Å². The number of hydrogen-bond acceptors (Lipinski definition) is 2. The van der Waals surface area contributed by atoms with Crippen molar-refractivity contribution >= 4 is 0 Å². The number of aromatic nitrogens is 1. The molecule has 2 aromatic rings. The molecule has 0 radical (unpaired) electrons. The normalized spacial score (nSPS) is 11.8. The van der Waals surface area contributed by atoms with Crippen LogP contribution in [0.1, 0.15) is 17.0 Å². The highest BCUT2D eigenvalue weighted by Crippen LogP contribution is 2.26. The van der Waals surface area contributed by atoms with Crippen LogP contribution in [0.15, 0.2) is 42.7 Å². The van der Waals surface area contributed by atoms with Crippen LogP contribution in [-0.4, -0.2) is 12.1 Å². The Labute approximate surface area is 94.3 Å². The third-order valence-corrected chi connectivity index (χ3v) is 2.51. The quantitative estimate of drug-likeness (QED) is 0.850. The average Bonchev–Trinajstić information content (AvgIpc) is 2.84. The maximum absolute atomic E-state index is 9.21. The second kappa shape index (κ2) is 4.54. The topological polar surface area (TPSA) is 48.8 Å². The molecule has 16 heavy (non-hydrogen) atoms. The molecule has 0 amide bonds. The van der Waals surface area contributed by atoms with Crippen LogP contribution in [0.5, 0.6) is 5.75 Å². The van der Waals surface area contributed by atoms with E-state index >= 15 is 0 Å². The number of aromatic amines is 1. The molecule has 0 aliphatic heterocycles. The molecule has 80 valence electrons. The van der Waals surface area contributed by atoms with E-state index in [1.165, 1.54) is 0 Å². The summed E-state index contributed by atoms with van der Waals surface area (Å²) in [6.07, 6.45) is 3.66. The Morgan fingerprint density at radius 3 is 2.81 bits per heavy atom. The summed E-state index contributed by atoms with van der Waals surface area (Å²) < 4.78 is 5.15. The molecule has 1 N–H and O–H groups in total. The molecule has 0 aliphatic rings. The molecule has 1 aromatic carbocycles. The first kappa shape index (κ1) is 10.3. The number of nitriles is 1. The van der Waals surface area contributed by atoms with Crippen LogP contribution in [-0.2, 0) is 0 Å². The Kier molecular flexibility index (Phi) is 2.93. The smallest absolute Gasteiger partial charge is 0.119 e. The lowest BCUT2D eigenvalue weighted by atomic mass is 9.95. The van der Waals surface area contributed by atoms with Crippen LogP contribution in [0.25, 0.3) is 0 Å². The number of hydrogen-bond donors (Lipinski definition) is 1. The van der Waals surface area contributed by atoms with Gasteiger partial charge in [-0.2, -0.15) is 5.26 Å². The summed E-state index contributed by atoms with van der Waals surface area (Å²) >= 11 is 0. The highest BCUT2D eigenvalue weighted by Gasteiger charge is 2.13. The third-order valence-electron chi connectivity index (χ3n) is 2.51. The summed E-state index contributed by atoms with van der Waals surface area (Å²) in [6.45, 7) is 0. The first-order valence-electron chi connectivity index (χ1n) is 5.01. The summed E-state index contributed by atoms with van der Waals surface area (Å²) in [7, 11) is 1.62. The van der Waals surface area contributed by atoms with Gasteiger partial charge in [-0.15, -0.1) is 0 Å². The van der Waals surface area contributed by atoms with Crippen molar-refractivity contribution in [3.63, 3.8) is 0 Å². The lowest BCUT2D eigenvalue weighted by Crippen LogP contribution is -1.97. The van der Waals surface area contributed by atoms with Gasteiger partial charge < -0.3 is 9.72 Å². The molecule has 0 fully saturated rings.